The number of rotatable bonds is 6. The molecule has 1 aromatic heterocycles. The van der Waals surface area contributed by atoms with Crippen molar-refractivity contribution < 1.29 is 9.90 Å². The molecule has 2 N–H and O–H groups in total. The van der Waals surface area contributed by atoms with E-state index in [2.05, 4.69) is 20.9 Å². The summed E-state index contributed by atoms with van der Waals surface area (Å²) >= 11 is 0. The van der Waals surface area contributed by atoms with Crippen molar-refractivity contribution in [3.05, 3.63) is 30.6 Å². The highest BCUT2D eigenvalue weighted by Gasteiger charge is 2.31. The number of para-hydroxylation sites is 2. The number of imidazole rings is 1. The smallest absolute Gasteiger partial charge is 0.222 e. The van der Waals surface area contributed by atoms with Crippen LogP contribution in [-0.4, -0.2) is 32.7 Å². The third-order valence-electron chi connectivity index (χ3n) is 4.70. The molecule has 1 saturated carbocycles. The van der Waals surface area contributed by atoms with Crippen LogP contribution >= 0.6 is 0 Å². The van der Waals surface area contributed by atoms with Crippen LogP contribution in [0.4, 0.5) is 0 Å². The molecule has 1 aliphatic carbocycles. The molecule has 1 heterocycles. The van der Waals surface area contributed by atoms with Crippen molar-refractivity contribution in [2.45, 2.75) is 57.1 Å². The van der Waals surface area contributed by atoms with Crippen LogP contribution in [0.3, 0.4) is 0 Å². The highest BCUT2D eigenvalue weighted by molar-refractivity contribution is 5.77. The van der Waals surface area contributed by atoms with Gasteiger partial charge in [-0.15, -0.1) is 0 Å². The van der Waals surface area contributed by atoms with Gasteiger partial charge in [0.1, 0.15) is 0 Å². The van der Waals surface area contributed by atoms with E-state index < -0.39 is 5.60 Å². The zero-order chi connectivity index (χ0) is 16.1. The molecule has 1 aliphatic rings. The molecule has 23 heavy (non-hydrogen) atoms. The van der Waals surface area contributed by atoms with Gasteiger partial charge in [0.05, 0.1) is 29.4 Å². The van der Waals surface area contributed by atoms with Crippen LogP contribution in [0.15, 0.2) is 30.6 Å². The number of aromatic nitrogens is 2. The molecular formula is C18H25N3O2. The lowest BCUT2D eigenvalue weighted by Gasteiger charge is -2.31. The quantitative estimate of drug-likeness (QED) is 0.805. The Labute approximate surface area is 136 Å². The van der Waals surface area contributed by atoms with Crippen LogP contribution in [0, 0.1) is 0 Å². The fourth-order valence-electron chi connectivity index (χ4n) is 3.41. The van der Waals surface area contributed by atoms with E-state index >= 15 is 0 Å². The highest BCUT2D eigenvalue weighted by atomic mass is 16.3. The zero-order valence-corrected chi connectivity index (χ0v) is 13.5. The van der Waals surface area contributed by atoms with Crippen molar-refractivity contribution in [2.75, 3.05) is 6.54 Å². The second kappa shape index (κ2) is 7.13. The van der Waals surface area contributed by atoms with Crippen molar-refractivity contribution in [3.8, 4) is 0 Å². The number of hydrogen-bond acceptors (Lipinski definition) is 3. The van der Waals surface area contributed by atoms with Gasteiger partial charge in [-0.2, -0.15) is 0 Å². The summed E-state index contributed by atoms with van der Waals surface area (Å²) in [5, 5.41) is 13.3. The normalized spacial score (nSPS) is 17.3. The summed E-state index contributed by atoms with van der Waals surface area (Å²) in [6.07, 6.45) is 7.66. The van der Waals surface area contributed by atoms with Gasteiger partial charge in [0, 0.05) is 13.1 Å². The highest BCUT2D eigenvalue weighted by Crippen LogP contribution is 2.30. The molecule has 2 aromatic rings. The second-order valence-electron chi connectivity index (χ2n) is 6.59. The van der Waals surface area contributed by atoms with E-state index in [0.29, 0.717) is 6.54 Å². The number of fused-ring (bicyclic) bond motifs is 1. The van der Waals surface area contributed by atoms with Crippen molar-refractivity contribution in [1.29, 1.82) is 0 Å². The van der Waals surface area contributed by atoms with Gasteiger partial charge in [-0.3, -0.25) is 4.79 Å². The number of aliphatic hydroxyl groups is 1. The maximum Gasteiger partial charge on any atom is 0.222 e. The van der Waals surface area contributed by atoms with Gasteiger partial charge in [0.25, 0.3) is 0 Å². The van der Waals surface area contributed by atoms with Crippen LogP contribution < -0.4 is 5.32 Å². The van der Waals surface area contributed by atoms with Crippen LogP contribution in [0.1, 0.15) is 44.9 Å². The standard InChI is InChI=1S/C18H25N3O2/c22-17(13-18(23)9-4-1-5-10-18)19-11-6-12-21-14-20-15-7-2-3-8-16(15)21/h2-3,7-8,14,23H,1,4-6,9-13H2,(H,19,22). The van der Waals surface area contributed by atoms with E-state index in [9.17, 15) is 9.90 Å². The summed E-state index contributed by atoms with van der Waals surface area (Å²) in [5.41, 5.74) is 1.34. The van der Waals surface area contributed by atoms with E-state index in [1.807, 2.05) is 24.5 Å². The Morgan fingerprint density at radius 2 is 2.04 bits per heavy atom. The molecule has 5 heteroatoms. The zero-order valence-electron chi connectivity index (χ0n) is 13.5. The summed E-state index contributed by atoms with van der Waals surface area (Å²) in [6, 6.07) is 8.04. The molecule has 0 bridgehead atoms. The number of nitrogens with zero attached hydrogens (tertiary/aromatic N) is 2. The minimum Gasteiger partial charge on any atom is -0.389 e. The third kappa shape index (κ3) is 4.10. The Hall–Kier alpha value is -1.88. The van der Waals surface area contributed by atoms with Crippen molar-refractivity contribution in [3.63, 3.8) is 0 Å². The Balaban J connectivity index is 1.42. The average molecular weight is 315 g/mol. The van der Waals surface area contributed by atoms with Gasteiger partial charge in [0.2, 0.25) is 5.91 Å². The van der Waals surface area contributed by atoms with E-state index in [1.165, 1.54) is 6.42 Å². The lowest BCUT2D eigenvalue weighted by molar-refractivity contribution is -0.127. The first-order valence-electron chi connectivity index (χ1n) is 8.55. The lowest BCUT2D eigenvalue weighted by atomic mass is 9.82. The molecular weight excluding hydrogens is 290 g/mol. The molecule has 1 amide bonds. The first-order valence-corrected chi connectivity index (χ1v) is 8.55. The van der Waals surface area contributed by atoms with Crippen molar-refractivity contribution in [2.24, 2.45) is 0 Å². The second-order valence-corrected chi connectivity index (χ2v) is 6.59. The number of carbonyl (C=O) groups is 1. The van der Waals surface area contributed by atoms with Crippen LogP contribution in [0.25, 0.3) is 11.0 Å². The van der Waals surface area contributed by atoms with Gasteiger partial charge in [0.15, 0.2) is 0 Å². The molecule has 0 aliphatic heterocycles. The number of aryl methyl sites for hydroxylation is 1. The van der Waals surface area contributed by atoms with Crippen LogP contribution in [0.2, 0.25) is 0 Å². The molecule has 1 aromatic carbocycles. The third-order valence-corrected chi connectivity index (χ3v) is 4.70. The maximum absolute atomic E-state index is 12.0. The summed E-state index contributed by atoms with van der Waals surface area (Å²) in [7, 11) is 0. The molecule has 124 valence electrons. The average Bonchev–Trinajstić information content (AvgIpc) is 2.95. The molecule has 1 fully saturated rings. The summed E-state index contributed by atoms with van der Waals surface area (Å²) in [5.74, 6) is -0.0371. The molecule has 0 radical (unpaired) electrons. The topological polar surface area (TPSA) is 67.2 Å². The Morgan fingerprint density at radius 1 is 1.26 bits per heavy atom. The maximum atomic E-state index is 12.0. The molecule has 0 saturated heterocycles. The molecule has 0 atom stereocenters. The first-order chi connectivity index (χ1) is 11.2. The monoisotopic (exact) mass is 315 g/mol. The van der Waals surface area contributed by atoms with Crippen LogP contribution in [0.5, 0.6) is 0 Å². The Kier molecular flexibility index (Phi) is 4.96. The van der Waals surface area contributed by atoms with E-state index in [4.69, 9.17) is 0 Å². The van der Waals surface area contributed by atoms with E-state index in [1.54, 1.807) is 0 Å². The Morgan fingerprint density at radius 3 is 2.87 bits per heavy atom. The summed E-state index contributed by atoms with van der Waals surface area (Å²) < 4.78 is 2.11. The van der Waals surface area contributed by atoms with Gasteiger partial charge < -0.3 is 15.0 Å². The number of amides is 1. The van der Waals surface area contributed by atoms with E-state index in [0.717, 1.165) is 49.7 Å². The van der Waals surface area contributed by atoms with Crippen LogP contribution in [-0.2, 0) is 11.3 Å². The molecule has 5 nitrogen and oxygen atoms in total. The predicted molar refractivity (Wildman–Crippen MR) is 90.0 cm³/mol. The number of carbonyl (C=O) groups excluding carboxylic acids is 1. The minimum atomic E-state index is -0.775. The Bertz CT molecular complexity index is 659. The summed E-state index contributed by atoms with van der Waals surface area (Å²) in [6.45, 7) is 1.45. The lowest BCUT2D eigenvalue weighted by Crippen LogP contribution is -2.38. The number of benzene rings is 1. The summed E-state index contributed by atoms with van der Waals surface area (Å²) in [4.78, 5) is 16.4. The number of hydrogen-bond donors (Lipinski definition) is 2. The molecule has 3 rings (SSSR count). The van der Waals surface area contributed by atoms with E-state index in [-0.39, 0.29) is 12.3 Å². The molecule has 0 spiro atoms. The fourth-order valence-corrected chi connectivity index (χ4v) is 3.41. The largest absolute Gasteiger partial charge is 0.389 e. The predicted octanol–water partition coefficient (Wildman–Crippen LogP) is 2.63. The number of nitrogens with one attached hydrogen (secondary N) is 1. The van der Waals surface area contributed by atoms with Gasteiger partial charge in [-0.05, 0) is 31.4 Å². The van der Waals surface area contributed by atoms with Gasteiger partial charge in [-0.25, -0.2) is 4.98 Å². The van der Waals surface area contributed by atoms with Gasteiger partial charge in [-0.1, -0.05) is 31.4 Å². The van der Waals surface area contributed by atoms with Crippen molar-refractivity contribution >= 4 is 16.9 Å². The minimum absolute atomic E-state index is 0.0371. The first kappa shape index (κ1) is 16.0. The van der Waals surface area contributed by atoms with Crippen molar-refractivity contribution in [1.82, 2.24) is 14.9 Å². The molecule has 0 unspecified atom stereocenters. The SMILES string of the molecule is O=C(CC1(O)CCCCC1)NCCCn1cnc2ccccc21. The fraction of sp³-hybridized carbons (Fsp3) is 0.556. The van der Waals surface area contributed by atoms with Gasteiger partial charge >= 0.3 is 0 Å².